The monoisotopic (exact) mass is 350 g/mol. The molecule has 0 aliphatic carbocycles. The van der Waals surface area contributed by atoms with Gasteiger partial charge in [0.2, 0.25) is 0 Å². The van der Waals surface area contributed by atoms with Gasteiger partial charge in [-0.1, -0.05) is 0 Å². The summed E-state index contributed by atoms with van der Waals surface area (Å²) in [6, 6.07) is -1.49. The number of rotatable bonds is 9. The molecule has 0 spiro atoms. The van der Waals surface area contributed by atoms with Crippen LogP contribution in [0.15, 0.2) is 4.99 Å². The highest BCUT2D eigenvalue weighted by Crippen LogP contribution is 2.42. The van der Waals surface area contributed by atoms with Crippen LogP contribution >= 0.6 is 15.6 Å². The molecule has 124 valence electrons. The second-order valence-corrected chi connectivity index (χ2v) is 6.23. The van der Waals surface area contributed by atoms with Gasteiger partial charge in [0, 0.05) is 0 Å². The fourth-order valence-electron chi connectivity index (χ4n) is 0.790. The van der Waals surface area contributed by atoms with Crippen molar-refractivity contribution in [2.75, 3.05) is 19.8 Å². The molecule has 2 unspecified atom stereocenters. The molecular weight excluding hydrogens is 334 g/mol. The maximum absolute atomic E-state index is 11.3. The van der Waals surface area contributed by atoms with Crippen LogP contribution in [0.5, 0.6) is 0 Å². The topological polar surface area (TPSA) is 227 Å². The third-order valence-electron chi connectivity index (χ3n) is 1.62. The standard InChI is InChI=1S/C6H16N4O9P2/c7-4(5(11)12)3-19-21(16,17)18-2-1-9-6(8)10-20(13,14)15/h4H,1-3,7H2,(H,11,12)(H,16,17)(H5,8,9,10,13,14,15). The van der Waals surface area contributed by atoms with Gasteiger partial charge in [-0.3, -0.25) is 23.9 Å². The molecule has 0 aliphatic rings. The number of carboxylic acid groups (broad SMARTS) is 1. The van der Waals surface area contributed by atoms with E-state index in [1.165, 1.54) is 0 Å². The van der Waals surface area contributed by atoms with Gasteiger partial charge in [-0.15, -0.1) is 0 Å². The summed E-state index contributed by atoms with van der Waals surface area (Å²) in [5, 5.41) is 9.99. The van der Waals surface area contributed by atoms with Crippen molar-refractivity contribution >= 4 is 27.5 Å². The molecule has 0 aromatic carbocycles. The molecule has 9 N–H and O–H groups in total. The lowest BCUT2D eigenvalue weighted by Crippen LogP contribution is -2.34. The maximum Gasteiger partial charge on any atom is 0.472 e. The van der Waals surface area contributed by atoms with Gasteiger partial charge in [-0.05, 0) is 0 Å². The summed E-state index contributed by atoms with van der Waals surface area (Å²) in [5.41, 5.74) is 10.1. The van der Waals surface area contributed by atoms with Gasteiger partial charge in [0.15, 0.2) is 5.96 Å². The van der Waals surface area contributed by atoms with Gasteiger partial charge in [0.1, 0.15) is 6.04 Å². The maximum atomic E-state index is 11.3. The molecule has 2 atom stereocenters. The van der Waals surface area contributed by atoms with E-state index in [1.807, 2.05) is 0 Å². The average Bonchev–Trinajstić information content (AvgIpc) is 2.29. The van der Waals surface area contributed by atoms with Crippen molar-refractivity contribution < 1.29 is 42.8 Å². The lowest BCUT2D eigenvalue weighted by atomic mass is 10.3. The number of hydrogen-bond donors (Lipinski definition) is 7. The van der Waals surface area contributed by atoms with Crippen LogP contribution in [0.4, 0.5) is 0 Å². The minimum Gasteiger partial charge on any atom is -0.480 e. The van der Waals surface area contributed by atoms with Crippen LogP contribution in [0.2, 0.25) is 0 Å². The van der Waals surface area contributed by atoms with E-state index in [1.54, 1.807) is 5.09 Å². The largest absolute Gasteiger partial charge is 0.480 e. The number of nitrogens with zero attached hydrogens (tertiary/aromatic N) is 1. The Morgan fingerprint density at radius 1 is 1.29 bits per heavy atom. The van der Waals surface area contributed by atoms with Crippen LogP contribution in [0.1, 0.15) is 0 Å². The summed E-state index contributed by atoms with van der Waals surface area (Å²) < 4.78 is 30.4. The first-order valence-corrected chi connectivity index (χ1v) is 8.28. The zero-order chi connectivity index (χ0) is 16.7. The SMILES string of the molecule is NC(=NCCOP(=O)(O)OCC(N)C(=O)O)NP(=O)(O)O. The predicted octanol–water partition coefficient (Wildman–Crippen LogP) is -2.47. The van der Waals surface area contributed by atoms with E-state index in [0.717, 1.165) is 0 Å². The summed E-state index contributed by atoms with van der Waals surface area (Å²) in [5.74, 6) is -2.01. The molecule has 0 aromatic rings. The van der Waals surface area contributed by atoms with Crippen molar-refractivity contribution in [3.63, 3.8) is 0 Å². The van der Waals surface area contributed by atoms with Gasteiger partial charge in [-0.2, -0.15) is 0 Å². The first-order chi connectivity index (χ1) is 9.43. The number of carbonyl (C=O) groups is 1. The quantitative estimate of drug-likeness (QED) is 0.0993. The number of aliphatic imine (C=N–C) groups is 1. The van der Waals surface area contributed by atoms with Crippen LogP contribution in [0.25, 0.3) is 0 Å². The van der Waals surface area contributed by atoms with Gasteiger partial charge >= 0.3 is 21.5 Å². The molecule has 0 aliphatic heterocycles. The van der Waals surface area contributed by atoms with Crippen molar-refractivity contribution in [2.24, 2.45) is 16.5 Å². The predicted molar refractivity (Wildman–Crippen MR) is 69.0 cm³/mol. The van der Waals surface area contributed by atoms with E-state index >= 15 is 0 Å². The number of phosphoric acid groups is 1. The summed E-state index contributed by atoms with van der Waals surface area (Å²) in [4.78, 5) is 39.8. The molecule has 15 heteroatoms. The van der Waals surface area contributed by atoms with E-state index in [4.69, 9.17) is 31.3 Å². The van der Waals surface area contributed by atoms with Crippen LogP contribution in [0, 0.1) is 0 Å². The van der Waals surface area contributed by atoms with Crippen LogP contribution in [-0.4, -0.2) is 57.5 Å². The average molecular weight is 350 g/mol. The smallest absolute Gasteiger partial charge is 0.472 e. The number of nitrogens with two attached hydrogens (primary N) is 2. The normalized spacial score (nSPS) is 17.0. The van der Waals surface area contributed by atoms with Gasteiger partial charge < -0.3 is 31.3 Å². The lowest BCUT2D eigenvalue weighted by Gasteiger charge is -2.13. The lowest BCUT2D eigenvalue weighted by molar-refractivity contribution is -0.139. The fraction of sp³-hybridized carbons (Fsp3) is 0.667. The highest BCUT2D eigenvalue weighted by molar-refractivity contribution is 7.50. The minimum atomic E-state index is -4.58. The Balaban J connectivity index is 4.10. The van der Waals surface area contributed by atoms with Crippen molar-refractivity contribution in [1.29, 1.82) is 0 Å². The fourth-order valence-corrected chi connectivity index (χ4v) is 1.89. The van der Waals surface area contributed by atoms with E-state index in [9.17, 15) is 13.9 Å². The van der Waals surface area contributed by atoms with Gasteiger partial charge in [0.05, 0.1) is 19.8 Å². The molecule has 21 heavy (non-hydrogen) atoms. The Morgan fingerprint density at radius 3 is 2.33 bits per heavy atom. The van der Waals surface area contributed by atoms with E-state index in [0.29, 0.717) is 0 Å². The second-order valence-electron chi connectivity index (χ2n) is 3.47. The van der Waals surface area contributed by atoms with Gasteiger partial charge in [-0.25, -0.2) is 9.13 Å². The molecule has 0 radical (unpaired) electrons. The third kappa shape index (κ3) is 11.3. The number of carboxylic acids is 1. The van der Waals surface area contributed by atoms with Crippen LogP contribution in [-0.2, 0) is 23.0 Å². The van der Waals surface area contributed by atoms with E-state index in [2.05, 4.69) is 14.0 Å². The molecule has 0 amide bonds. The summed E-state index contributed by atoms with van der Waals surface area (Å²) >= 11 is 0. The highest BCUT2D eigenvalue weighted by Gasteiger charge is 2.24. The molecule has 0 bridgehead atoms. The molecule has 0 saturated carbocycles. The Bertz CT molecular complexity index is 477. The first-order valence-electron chi connectivity index (χ1n) is 5.17. The van der Waals surface area contributed by atoms with Crippen molar-refractivity contribution in [2.45, 2.75) is 6.04 Å². The van der Waals surface area contributed by atoms with Crippen molar-refractivity contribution in [1.82, 2.24) is 5.09 Å². The molecule has 0 fully saturated rings. The summed E-state index contributed by atoms with van der Waals surface area (Å²) in [7, 11) is -9.09. The molecule has 0 rings (SSSR count). The van der Waals surface area contributed by atoms with E-state index in [-0.39, 0.29) is 6.54 Å². The van der Waals surface area contributed by atoms with Gasteiger partial charge in [0.25, 0.3) is 0 Å². The molecule has 0 aromatic heterocycles. The Morgan fingerprint density at radius 2 is 1.86 bits per heavy atom. The molecule has 0 saturated heterocycles. The number of phosphoric ester groups is 1. The Kier molecular flexibility index (Phi) is 8.00. The number of guanidine groups is 1. The number of hydrogen-bond acceptors (Lipinski definition) is 7. The Labute approximate surface area is 118 Å². The number of nitrogens with one attached hydrogen (secondary N) is 1. The van der Waals surface area contributed by atoms with E-state index < -0.39 is 46.8 Å². The van der Waals surface area contributed by atoms with Crippen molar-refractivity contribution in [3.05, 3.63) is 0 Å². The zero-order valence-corrected chi connectivity index (χ0v) is 12.3. The first kappa shape index (κ1) is 20.0. The van der Waals surface area contributed by atoms with Crippen molar-refractivity contribution in [3.8, 4) is 0 Å². The second kappa shape index (κ2) is 8.41. The summed E-state index contributed by atoms with van der Waals surface area (Å²) in [6.45, 7) is -1.52. The third-order valence-corrected chi connectivity index (χ3v) is 3.13. The zero-order valence-electron chi connectivity index (χ0n) is 10.5. The molecular formula is C6H16N4O9P2. The van der Waals surface area contributed by atoms with Crippen LogP contribution < -0.4 is 16.6 Å². The van der Waals surface area contributed by atoms with Crippen LogP contribution in [0.3, 0.4) is 0 Å². The Hall–Kier alpha value is -1.04. The summed E-state index contributed by atoms with van der Waals surface area (Å²) in [6.07, 6.45) is 0. The molecule has 0 heterocycles. The number of aliphatic carboxylic acids is 1. The highest BCUT2D eigenvalue weighted by atomic mass is 31.2. The molecule has 13 nitrogen and oxygen atoms in total. The minimum absolute atomic E-state index is 0.308.